The number of hydrogen-bond acceptors (Lipinski definition) is 5. The van der Waals surface area contributed by atoms with Crippen molar-refractivity contribution in [1.29, 1.82) is 0 Å². The predicted octanol–water partition coefficient (Wildman–Crippen LogP) is 4.75. The first-order valence-corrected chi connectivity index (χ1v) is 14.2. The van der Waals surface area contributed by atoms with Gasteiger partial charge in [-0.15, -0.1) is 0 Å². The molecule has 0 spiro atoms. The molecule has 0 aromatic heterocycles. The summed E-state index contributed by atoms with van der Waals surface area (Å²) in [5, 5.41) is 7.14. The van der Waals surface area contributed by atoms with Crippen LogP contribution in [0.4, 0.5) is 0 Å². The Labute approximate surface area is 221 Å². The van der Waals surface area contributed by atoms with Gasteiger partial charge in [-0.1, -0.05) is 41.2 Å². The molecule has 7 nitrogen and oxygen atoms in total. The second kappa shape index (κ2) is 11.7. The van der Waals surface area contributed by atoms with E-state index >= 15 is 0 Å². The molecule has 1 atom stereocenters. The molecule has 0 bridgehead atoms. The van der Waals surface area contributed by atoms with Crippen molar-refractivity contribution in [3.8, 4) is 5.75 Å². The zero-order valence-corrected chi connectivity index (χ0v) is 22.2. The van der Waals surface area contributed by atoms with Gasteiger partial charge in [0.15, 0.2) is 0 Å². The molecular weight excluding hydrogens is 533 g/mol. The number of hydrogen-bond donors (Lipinski definition) is 2. The number of carbonyl (C=O) groups is 1. The first-order chi connectivity index (χ1) is 16.7. The van der Waals surface area contributed by atoms with Gasteiger partial charge in [-0.3, -0.25) is 4.79 Å². The Morgan fingerprint density at radius 1 is 0.971 bits per heavy atom. The molecule has 35 heavy (non-hydrogen) atoms. The molecule has 2 aromatic carbocycles. The lowest BCUT2D eigenvalue weighted by Gasteiger charge is -2.26. The van der Waals surface area contributed by atoms with Crippen molar-refractivity contribution in [2.24, 2.45) is 0 Å². The van der Waals surface area contributed by atoms with Crippen molar-refractivity contribution in [2.45, 2.75) is 49.1 Å². The Morgan fingerprint density at radius 2 is 1.74 bits per heavy atom. The van der Waals surface area contributed by atoms with Crippen molar-refractivity contribution >= 4 is 50.7 Å². The topological polar surface area (TPSA) is 87.7 Å². The molecule has 190 valence electrons. The number of sulfonamides is 1. The Kier molecular flexibility index (Phi) is 8.84. The summed E-state index contributed by atoms with van der Waals surface area (Å²) in [5.41, 5.74) is 0.370. The van der Waals surface area contributed by atoms with E-state index in [4.69, 9.17) is 39.5 Å². The van der Waals surface area contributed by atoms with Gasteiger partial charge in [0.1, 0.15) is 11.9 Å². The minimum absolute atomic E-state index is 0.0571. The second-order valence-corrected chi connectivity index (χ2v) is 12.0. The summed E-state index contributed by atoms with van der Waals surface area (Å²) < 4.78 is 34.3. The zero-order chi connectivity index (χ0) is 25.0. The average Bonchev–Trinajstić information content (AvgIpc) is 3.09. The van der Waals surface area contributed by atoms with Crippen LogP contribution in [0.3, 0.4) is 0 Å². The summed E-state index contributed by atoms with van der Waals surface area (Å²) >= 11 is 18.4. The highest BCUT2D eigenvalue weighted by molar-refractivity contribution is 7.89. The van der Waals surface area contributed by atoms with E-state index in [-0.39, 0.29) is 39.5 Å². The lowest BCUT2D eigenvalue weighted by molar-refractivity contribution is 0.0932. The molecule has 0 aliphatic carbocycles. The summed E-state index contributed by atoms with van der Waals surface area (Å²) in [6, 6.07) is 8.91. The van der Waals surface area contributed by atoms with E-state index in [1.54, 1.807) is 18.2 Å². The molecule has 2 aliphatic heterocycles. The minimum atomic E-state index is -3.81. The van der Waals surface area contributed by atoms with E-state index in [0.717, 1.165) is 32.4 Å². The van der Waals surface area contributed by atoms with Crippen molar-refractivity contribution in [3.63, 3.8) is 0 Å². The maximum atomic E-state index is 13.5. The van der Waals surface area contributed by atoms with Crippen LogP contribution in [-0.2, 0) is 10.0 Å². The number of amides is 1. The van der Waals surface area contributed by atoms with Gasteiger partial charge in [-0.05, 0) is 75.2 Å². The van der Waals surface area contributed by atoms with Crippen LogP contribution >= 0.6 is 34.8 Å². The Bertz CT molecular complexity index is 1170. The third-order valence-corrected chi connectivity index (χ3v) is 9.17. The number of carbonyl (C=O) groups excluding carboxylic acids is 1. The summed E-state index contributed by atoms with van der Waals surface area (Å²) in [6.07, 6.45) is 3.97. The van der Waals surface area contributed by atoms with Crippen molar-refractivity contribution in [2.75, 3.05) is 26.2 Å². The Balaban J connectivity index is 1.46. The van der Waals surface area contributed by atoms with E-state index in [0.29, 0.717) is 35.7 Å². The third kappa shape index (κ3) is 6.61. The van der Waals surface area contributed by atoms with Gasteiger partial charge >= 0.3 is 0 Å². The maximum absolute atomic E-state index is 13.5. The molecule has 1 amide bonds. The van der Waals surface area contributed by atoms with Crippen LogP contribution in [0.5, 0.6) is 5.75 Å². The Hall–Kier alpha value is -1.55. The molecule has 2 heterocycles. The SMILES string of the molecule is O=C(NC1CCCCN(S(=O)(=O)c2ccc(OC3CCNCC3)c(Cl)c2)C1)c1ccc(Cl)c(Cl)c1. The van der Waals surface area contributed by atoms with Crippen molar-refractivity contribution in [3.05, 3.63) is 57.0 Å². The quantitative estimate of drug-likeness (QED) is 0.532. The highest BCUT2D eigenvalue weighted by atomic mass is 35.5. The molecule has 2 fully saturated rings. The number of halogens is 3. The largest absolute Gasteiger partial charge is 0.489 e. The van der Waals surface area contributed by atoms with Crippen molar-refractivity contribution in [1.82, 2.24) is 14.9 Å². The summed E-state index contributed by atoms with van der Waals surface area (Å²) in [4.78, 5) is 12.9. The van der Waals surface area contributed by atoms with E-state index in [2.05, 4.69) is 10.6 Å². The Morgan fingerprint density at radius 3 is 2.46 bits per heavy atom. The number of piperidine rings is 1. The molecule has 2 saturated heterocycles. The summed E-state index contributed by atoms with van der Waals surface area (Å²) in [6.45, 7) is 2.30. The van der Waals surface area contributed by atoms with Crippen LogP contribution in [-0.4, -0.2) is 57.0 Å². The van der Waals surface area contributed by atoms with E-state index in [9.17, 15) is 13.2 Å². The fraction of sp³-hybridized carbons (Fsp3) is 0.458. The van der Waals surface area contributed by atoms with Crippen LogP contribution in [0, 0.1) is 0 Å². The first kappa shape index (κ1) is 26.5. The van der Waals surface area contributed by atoms with Gasteiger partial charge in [-0.25, -0.2) is 8.42 Å². The third-order valence-electron chi connectivity index (χ3n) is 6.27. The number of nitrogens with zero attached hydrogens (tertiary/aromatic N) is 1. The molecule has 1 unspecified atom stereocenters. The number of nitrogens with one attached hydrogen (secondary N) is 2. The molecule has 0 radical (unpaired) electrons. The van der Waals surface area contributed by atoms with E-state index in [1.807, 2.05) is 0 Å². The smallest absolute Gasteiger partial charge is 0.251 e. The van der Waals surface area contributed by atoms with Gasteiger partial charge < -0.3 is 15.4 Å². The molecule has 11 heteroatoms. The minimum Gasteiger partial charge on any atom is -0.489 e. The molecule has 2 N–H and O–H groups in total. The lowest BCUT2D eigenvalue weighted by atomic mass is 10.1. The van der Waals surface area contributed by atoms with E-state index in [1.165, 1.54) is 22.5 Å². The normalized spacial score (nSPS) is 20.3. The fourth-order valence-corrected chi connectivity index (χ4v) is 6.47. The van der Waals surface area contributed by atoms with Gasteiger partial charge in [0.25, 0.3) is 5.91 Å². The first-order valence-electron chi connectivity index (χ1n) is 11.7. The molecule has 0 saturated carbocycles. The predicted molar refractivity (Wildman–Crippen MR) is 138 cm³/mol. The van der Waals surface area contributed by atoms with Gasteiger partial charge in [0.05, 0.1) is 20.0 Å². The highest BCUT2D eigenvalue weighted by Crippen LogP contribution is 2.31. The summed E-state index contributed by atoms with van der Waals surface area (Å²) in [7, 11) is -3.81. The van der Waals surface area contributed by atoms with Gasteiger partial charge in [0.2, 0.25) is 10.0 Å². The van der Waals surface area contributed by atoms with E-state index < -0.39 is 10.0 Å². The maximum Gasteiger partial charge on any atom is 0.251 e. The van der Waals surface area contributed by atoms with Gasteiger partial charge in [-0.2, -0.15) is 4.31 Å². The van der Waals surface area contributed by atoms with Crippen LogP contribution in [0.1, 0.15) is 42.5 Å². The molecule has 2 aliphatic rings. The zero-order valence-electron chi connectivity index (χ0n) is 19.1. The van der Waals surface area contributed by atoms with Crippen LogP contribution < -0.4 is 15.4 Å². The lowest BCUT2D eigenvalue weighted by Crippen LogP contribution is -2.44. The van der Waals surface area contributed by atoms with Gasteiger partial charge in [0, 0.05) is 24.7 Å². The number of rotatable bonds is 6. The number of benzene rings is 2. The molecular formula is C24H28Cl3N3O4S. The standard InChI is InChI=1S/C24H28Cl3N3O4S/c25-20-6-4-16(13-21(20)26)24(31)29-17-3-1-2-12-30(15-17)35(32,33)19-5-7-23(22(27)14-19)34-18-8-10-28-11-9-18/h4-7,13-14,17-18,28H,1-3,8-12,15H2,(H,29,31). The van der Waals surface area contributed by atoms with Crippen LogP contribution in [0.15, 0.2) is 41.3 Å². The van der Waals surface area contributed by atoms with Crippen LogP contribution in [0.2, 0.25) is 15.1 Å². The van der Waals surface area contributed by atoms with Crippen molar-refractivity contribution < 1.29 is 17.9 Å². The highest BCUT2D eigenvalue weighted by Gasteiger charge is 2.30. The average molecular weight is 561 g/mol. The molecule has 2 aromatic rings. The fourth-order valence-electron chi connectivity index (χ4n) is 4.33. The number of ether oxygens (including phenoxy) is 1. The summed E-state index contributed by atoms with van der Waals surface area (Å²) in [5.74, 6) is 0.162. The van der Waals surface area contributed by atoms with Crippen LogP contribution in [0.25, 0.3) is 0 Å². The monoisotopic (exact) mass is 559 g/mol. The second-order valence-electron chi connectivity index (χ2n) is 8.82. The molecule has 4 rings (SSSR count).